The van der Waals surface area contributed by atoms with E-state index in [1.165, 1.54) is 6.42 Å². The number of rotatable bonds is 2. The van der Waals surface area contributed by atoms with Crippen LogP contribution >= 0.6 is 15.9 Å². The Kier molecular flexibility index (Phi) is 4.19. The highest BCUT2D eigenvalue weighted by Gasteiger charge is 2.26. The zero-order valence-electron chi connectivity index (χ0n) is 10.3. The largest absolute Gasteiger partial charge is 0.336 e. The minimum atomic E-state index is -0.0102. The summed E-state index contributed by atoms with van der Waals surface area (Å²) in [5.41, 5.74) is 2.99. The number of halogens is 1. The molecular formula is C12H17BrN4O. The molecule has 0 aliphatic carbocycles. The van der Waals surface area contributed by atoms with Crippen molar-refractivity contribution in [3.63, 3.8) is 0 Å². The lowest BCUT2D eigenvalue weighted by Gasteiger charge is -2.33. The van der Waals surface area contributed by atoms with Crippen LogP contribution in [0, 0.1) is 0 Å². The predicted molar refractivity (Wildman–Crippen MR) is 74.1 cm³/mol. The summed E-state index contributed by atoms with van der Waals surface area (Å²) in [6.45, 7) is 2.88. The van der Waals surface area contributed by atoms with Crippen LogP contribution in [-0.2, 0) is 0 Å². The summed E-state index contributed by atoms with van der Waals surface area (Å²) in [5, 5.41) is 0. The van der Waals surface area contributed by atoms with Gasteiger partial charge < -0.3 is 10.3 Å². The molecular weight excluding hydrogens is 296 g/mol. The first-order valence-corrected chi connectivity index (χ1v) is 6.86. The number of aromatic nitrogens is 1. The van der Waals surface area contributed by atoms with E-state index in [9.17, 15) is 4.79 Å². The van der Waals surface area contributed by atoms with Crippen molar-refractivity contribution in [1.29, 1.82) is 0 Å². The number of carbonyl (C=O) groups excluding carboxylic acids is 1. The van der Waals surface area contributed by atoms with E-state index < -0.39 is 0 Å². The van der Waals surface area contributed by atoms with E-state index >= 15 is 0 Å². The van der Waals surface area contributed by atoms with Crippen molar-refractivity contribution >= 4 is 27.7 Å². The second-order valence-corrected chi connectivity index (χ2v) is 5.45. The summed E-state index contributed by atoms with van der Waals surface area (Å²) < 4.78 is 0.773. The molecule has 2 rings (SSSR count). The molecule has 1 atom stereocenters. The smallest absolute Gasteiger partial charge is 0.257 e. The van der Waals surface area contributed by atoms with Crippen LogP contribution in [0.4, 0.5) is 5.82 Å². The number of hydrogen-bond donors (Lipinski definition) is 2. The average molecular weight is 313 g/mol. The summed E-state index contributed by atoms with van der Waals surface area (Å²) in [5.74, 6) is 5.81. The molecule has 5 nitrogen and oxygen atoms in total. The van der Waals surface area contributed by atoms with Crippen LogP contribution in [0.3, 0.4) is 0 Å². The lowest BCUT2D eigenvalue weighted by molar-refractivity contribution is 0.0636. The van der Waals surface area contributed by atoms with Crippen molar-refractivity contribution < 1.29 is 4.79 Å². The molecule has 0 saturated carbocycles. The Morgan fingerprint density at radius 3 is 3.06 bits per heavy atom. The van der Waals surface area contributed by atoms with Gasteiger partial charge in [-0.2, -0.15) is 0 Å². The van der Waals surface area contributed by atoms with Gasteiger partial charge in [-0.15, -0.1) is 0 Å². The van der Waals surface area contributed by atoms with Crippen LogP contribution in [-0.4, -0.2) is 28.4 Å². The zero-order chi connectivity index (χ0) is 13.1. The number of hydrazine groups is 1. The number of nitrogens with zero attached hydrogens (tertiary/aromatic N) is 2. The van der Waals surface area contributed by atoms with Gasteiger partial charge in [-0.05, 0) is 48.2 Å². The molecule has 0 bridgehead atoms. The third-order valence-electron chi connectivity index (χ3n) is 3.29. The minimum absolute atomic E-state index is 0.0102. The van der Waals surface area contributed by atoms with Crippen molar-refractivity contribution in [3.05, 3.63) is 22.3 Å². The SMILES string of the molecule is CC1CCCCN1C(=O)c1cc(Br)cnc1NN. The van der Waals surface area contributed by atoms with Crippen LogP contribution in [0.25, 0.3) is 0 Å². The van der Waals surface area contributed by atoms with Gasteiger partial charge in [-0.25, -0.2) is 10.8 Å². The fourth-order valence-corrected chi connectivity index (χ4v) is 2.60. The molecule has 1 aliphatic rings. The van der Waals surface area contributed by atoms with Gasteiger partial charge in [0.15, 0.2) is 5.82 Å². The number of nitrogens with one attached hydrogen (secondary N) is 1. The molecule has 0 aromatic carbocycles. The number of amides is 1. The monoisotopic (exact) mass is 312 g/mol. The van der Waals surface area contributed by atoms with Gasteiger partial charge in [-0.1, -0.05) is 0 Å². The molecule has 3 N–H and O–H groups in total. The molecule has 0 radical (unpaired) electrons. The van der Waals surface area contributed by atoms with E-state index in [2.05, 4.69) is 33.3 Å². The third-order valence-corrected chi connectivity index (χ3v) is 3.72. The maximum Gasteiger partial charge on any atom is 0.257 e. The van der Waals surface area contributed by atoms with Crippen LogP contribution < -0.4 is 11.3 Å². The number of piperidine rings is 1. The highest BCUT2D eigenvalue weighted by atomic mass is 79.9. The summed E-state index contributed by atoms with van der Waals surface area (Å²) in [4.78, 5) is 18.5. The minimum Gasteiger partial charge on any atom is -0.336 e. The number of carbonyl (C=O) groups is 1. The molecule has 0 spiro atoms. The summed E-state index contributed by atoms with van der Waals surface area (Å²) in [6, 6.07) is 2.03. The molecule has 1 aromatic heterocycles. The van der Waals surface area contributed by atoms with E-state index in [0.717, 1.165) is 23.9 Å². The number of nitrogens with two attached hydrogens (primary N) is 1. The standard InChI is InChI=1S/C12H17BrN4O/c1-8-4-2-3-5-17(8)12(18)10-6-9(13)7-15-11(10)16-14/h6-8H,2-5,14H2,1H3,(H,15,16). The Morgan fingerprint density at radius 2 is 2.39 bits per heavy atom. The first kappa shape index (κ1) is 13.3. The lowest BCUT2D eigenvalue weighted by atomic mass is 10.0. The number of pyridine rings is 1. The maximum absolute atomic E-state index is 12.5. The summed E-state index contributed by atoms with van der Waals surface area (Å²) >= 11 is 3.33. The van der Waals surface area contributed by atoms with E-state index in [0.29, 0.717) is 11.4 Å². The number of likely N-dealkylation sites (tertiary alicyclic amines) is 1. The van der Waals surface area contributed by atoms with Gasteiger partial charge in [0.2, 0.25) is 0 Å². The van der Waals surface area contributed by atoms with Crippen molar-refractivity contribution in [1.82, 2.24) is 9.88 Å². The van der Waals surface area contributed by atoms with Gasteiger partial charge in [-0.3, -0.25) is 4.79 Å². The molecule has 1 fully saturated rings. The topological polar surface area (TPSA) is 71.2 Å². The average Bonchev–Trinajstić information content (AvgIpc) is 2.38. The van der Waals surface area contributed by atoms with Gasteiger partial charge in [0, 0.05) is 23.3 Å². The molecule has 6 heteroatoms. The highest BCUT2D eigenvalue weighted by Crippen LogP contribution is 2.23. The molecule has 2 heterocycles. The fourth-order valence-electron chi connectivity index (χ4n) is 2.27. The quantitative estimate of drug-likeness (QED) is 0.648. The second kappa shape index (κ2) is 5.67. The maximum atomic E-state index is 12.5. The molecule has 98 valence electrons. The predicted octanol–water partition coefficient (Wildman–Crippen LogP) is 2.14. The van der Waals surface area contributed by atoms with Crippen LogP contribution in [0.2, 0.25) is 0 Å². The first-order chi connectivity index (χ1) is 8.63. The van der Waals surface area contributed by atoms with Gasteiger partial charge >= 0.3 is 0 Å². The molecule has 1 saturated heterocycles. The number of nitrogen functional groups attached to an aromatic ring is 1. The van der Waals surface area contributed by atoms with Gasteiger partial charge in [0.05, 0.1) is 5.56 Å². The van der Waals surface area contributed by atoms with Crippen molar-refractivity contribution in [2.45, 2.75) is 32.2 Å². The van der Waals surface area contributed by atoms with Crippen molar-refractivity contribution in [2.24, 2.45) is 5.84 Å². The third kappa shape index (κ3) is 2.64. The molecule has 1 unspecified atom stereocenters. The molecule has 18 heavy (non-hydrogen) atoms. The van der Waals surface area contributed by atoms with E-state index in [1.54, 1.807) is 12.3 Å². The zero-order valence-corrected chi connectivity index (χ0v) is 11.9. The van der Waals surface area contributed by atoms with Crippen LogP contribution in [0.1, 0.15) is 36.5 Å². The second-order valence-electron chi connectivity index (χ2n) is 4.54. The summed E-state index contributed by atoms with van der Waals surface area (Å²) in [7, 11) is 0. The Labute approximate surface area is 115 Å². The van der Waals surface area contributed by atoms with E-state index in [4.69, 9.17) is 5.84 Å². The molecule has 1 aromatic rings. The molecule has 1 amide bonds. The van der Waals surface area contributed by atoms with Gasteiger partial charge in [0.1, 0.15) is 0 Å². The van der Waals surface area contributed by atoms with Crippen molar-refractivity contribution in [3.8, 4) is 0 Å². The highest BCUT2D eigenvalue weighted by molar-refractivity contribution is 9.10. The molecule has 1 aliphatic heterocycles. The number of hydrogen-bond acceptors (Lipinski definition) is 4. The van der Waals surface area contributed by atoms with Crippen LogP contribution in [0.5, 0.6) is 0 Å². The van der Waals surface area contributed by atoms with Crippen molar-refractivity contribution in [2.75, 3.05) is 12.0 Å². The van der Waals surface area contributed by atoms with E-state index in [-0.39, 0.29) is 11.9 Å². The van der Waals surface area contributed by atoms with E-state index in [1.807, 2.05) is 4.90 Å². The normalized spacial score (nSPS) is 19.7. The fraction of sp³-hybridized carbons (Fsp3) is 0.500. The first-order valence-electron chi connectivity index (χ1n) is 6.06. The summed E-state index contributed by atoms with van der Waals surface area (Å²) in [6.07, 6.45) is 4.91. The van der Waals surface area contributed by atoms with Crippen LogP contribution in [0.15, 0.2) is 16.7 Å². The Hall–Kier alpha value is -1.14. The Balaban J connectivity index is 2.29. The van der Waals surface area contributed by atoms with Gasteiger partial charge in [0.25, 0.3) is 5.91 Å². The Morgan fingerprint density at radius 1 is 1.61 bits per heavy atom. The number of anilines is 1. The Bertz CT molecular complexity index is 452. The lowest BCUT2D eigenvalue weighted by Crippen LogP contribution is -2.42.